The Bertz CT molecular complexity index is 523. The molecular weight excluding hydrogens is 321 g/mol. The van der Waals surface area contributed by atoms with Crippen molar-refractivity contribution in [3.8, 4) is 0 Å². The summed E-state index contributed by atoms with van der Waals surface area (Å²) in [6.45, 7) is 1.12. The molecule has 120 valence electrons. The number of rotatable bonds is 4. The minimum Gasteiger partial charge on any atom is -0.355 e. The summed E-state index contributed by atoms with van der Waals surface area (Å²) in [6, 6.07) is 5.50. The average Bonchev–Trinajstić information content (AvgIpc) is 2.93. The second-order valence-electron chi connectivity index (χ2n) is 6.14. The maximum atomic E-state index is 11.7. The third kappa shape index (κ3) is 3.65. The molecule has 22 heavy (non-hydrogen) atoms. The lowest BCUT2D eigenvalue weighted by molar-refractivity contribution is -0.123. The number of benzene rings is 1. The van der Waals surface area contributed by atoms with E-state index in [1.165, 1.54) is 19.3 Å². The number of ether oxygens (including phenoxy) is 1. The van der Waals surface area contributed by atoms with Gasteiger partial charge in [-0.1, -0.05) is 48.5 Å². The number of hydrogen-bond donors (Lipinski definition) is 0. The smallest absolute Gasteiger partial charge is 0.148 e. The lowest BCUT2D eigenvalue weighted by Gasteiger charge is -2.33. The SMILES string of the molecule is O=C1CCN(C(OC2CCCCC2)c2c(Cl)cccc2Cl)C1. The maximum Gasteiger partial charge on any atom is 0.148 e. The van der Waals surface area contributed by atoms with Gasteiger partial charge in [-0.05, 0) is 25.0 Å². The minimum absolute atomic E-state index is 0.224. The standard InChI is InChI=1S/C17H21Cl2NO2/c18-14-7-4-8-15(19)16(14)17(20-10-9-12(21)11-20)22-13-5-2-1-3-6-13/h4,7-8,13,17H,1-3,5-6,9-11H2. The summed E-state index contributed by atoms with van der Waals surface area (Å²) in [6.07, 6.45) is 6.30. The second-order valence-corrected chi connectivity index (χ2v) is 6.96. The molecule has 0 bridgehead atoms. The molecule has 0 aromatic heterocycles. The zero-order valence-electron chi connectivity index (χ0n) is 12.6. The number of hydrogen-bond acceptors (Lipinski definition) is 3. The van der Waals surface area contributed by atoms with Gasteiger partial charge >= 0.3 is 0 Å². The molecule has 1 saturated carbocycles. The van der Waals surface area contributed by atoms with Crippen molar-refractivity contribution in [2.24, 2.45) is 0 Å². The lowest BCUT2D eigenvalue weighted by Crippen LogP contribution is -2.33. The van der Waals surface area contributed by atoms with Gasteiger partial charge in [0.2, 0.25) is 0 Å². The van der Waals surface area contributed by atoms with Gasteiger partial charge in [-0.3, -0.25) is 9.69 Å². The van der Waals surface area contributed by atoms with Crippen LogP contribution in [0.4, 0.5) is 0 Å². The van der Waals surface area contributed by atoms with E-state index in [4.69, 9.17) is 27.9 Å². The van der Waals surface area contributed by atoms with E-state index >= 15 is 0 Å². The van der Waals surface area contributed by atoms with Crippen LogP contribution in [0.2, 0.25) is 10.0 Å². The fourth-order valence-corrected chi connectivity index (χ4v) is 3.90. The number of likely N-dealkylation sites (tertiary alicyclic amines) is 1. The van der Waals surface area contributed by atoms with E-state index in [1.807, 2.05) is 18.2 Å². The van der Waals surface area contributed by atoms with Crippen LogP contribution >= 0.6 is 23.2 Å². The molecule has 1 aliphatic carbocycles. The van der Waals surface area contributed by atoms with E-state index in [1.54, 1.807) is 0 Å². The van der Waals surface area contributed by atoms with Gasteiger partial charge in [0.25, 0.3) is 0 Å². The van der Waals surface area contributed by atoms with Crippen molar-refractivity contribution in [2.45, 2.75) is 50.9 Å². The third-order valence-electron chi connectivity index (χ3n) is 4.51. The quantitative estimate of drug-likeness (QED) is 0.800. The van der Waals surface area contributed by atoms with Gasteiger partial charge in [-0.2, -0.15) is 0 Å². The van der Waals surface area contributed by atoms with Crippen molar-refractivity contribution < 1.29 is 9.53 Å². The summed E-state index contributed by atoms with van der Waals surface area (Å²) in [7, 11) is 0. The Morgan fingerprint density at radius 2 is 1.82 bits per heavy atom. The van der Waals surface area contributed by atoms with E-state index in [2.05, 4.69) is 4.90 Å². The average molecular weight is 342 g/mol. The first-order valence-electron chi connectivity index (χ1n) is 8.00. The Morgan fingerprint density at radius 3 is 2.41 bits per heavy atom. The van der Waals surface area contributed by atoms with Crippen LogP contribution in [0.5, 0.6) is 0 Å². The number of carbonyl (C=O) groups excluding carboxylic acids is 1. The molecule has 0 N–H and O–H groups in total. The molecule has 1 aliphatic heterocycles. The van der Waals surface area contributed by atoms with Crippen LogP contribution in [0.1, 0.15) is 50.3 Å². The van der Waals surface area contributed by atoms with Crippen LogP contribution in [0.15, 0.2) is 18.2 Å². The molecule has 1 saturated heterocycles. The predicted octanol–water partition coefficient (Wildman–Crippen LogP) is 4.62. The molecule has 0 radical (unpaired) electrons. The van der Waals surface area contributed by atoms with Gasteiger partial charge in [0, 0.05) is 28.6 Å². The van der Waals surface area contributed by atoms with Crippen LogP contribution in [0, 0.1) is 0 Å². The first kappa shape index (κ1) is 16.3. The summed E-state index contributed by atoms with van der Waals surface area (Å²) in [5.74, 6) is 0.250. The van der Waals surface area contributed by atoms with Crippen LogP contribution in [-0.4, -0.2) is 29.9 Å². The number of halogens is 2. The van der Waals surface area contributed by atoms with Gasteiger partial charge in [-0.15, -0.1) is 0 Å². The number of Topliss-reactive ketones (excluding diaryl/α,β-unsaturated/α-hetero) is 1. The van der Waals surface area contributed by atoms with Crippen molar-refractivity contribution in [1.29, 1.82) is 0 Å². The van der Waals surface area contributed by atoms with Gasteiger partial charge in [0.05, 0.1) is 12.6 Å². The Labute approximate surface area is 141 Å². The second kappa shape index (κ2) is 7.31. The summed E-state index contributed by atoms with van der Waals surface area (Å²) in [5, 5.41) is 1.21. The molecule has 1 aromatic rings. The van der Waals surface area contributed by atoms with E-state index in [0.29, 0.717) is 29.6 Å². The van der Waals surface area contributed by atoms with Gasteiger partial charge in [0.15, 0.2) is 0 Å². The van der Waals surface area contributed by atoms with Gasteiger partial charge in [0.1, 0.15) is 12.0 Å². The number of nitrogens with zero attached hydrogens (tertiary/aromatic N) is 1. The zero-order chi connectivity index (χ0) is 15.5. The van der Waals surface area contributed by atoms with E-state index in [-0.39, 0.29) is 18.1 Å². The molecule has 3 nitrogen and oxygen atoms in total. The van der Waals surface area contributed by atoms with Crippen molar-refractivity contribution in [3.63, 3.8) is 0 Å². The first-order chi connectivity index (χ1) is 10.6. The molecule has 1 heterocycles. The highest BCUT2D eigenvalue weighted by atomic mass is 35.5. The van der Waals surface area contributed by atoms with Gasteiger partial charge < -0.3 is 4.74 Å². The van der Waals surface area contributed by atoms with E-state index in [9.17, 15) is 4.79 Å². The van der Waals surface area contributed by atoms with Crippen LogP contribution in [-0.2, 0) is 9.53 Å². The Kier molecular flexibility index (Phi) is 5.40. The molecule has 0 amide bonds. The largest absolute Gasteiger partial charge is 0.355 e. The molecule has 2 fully saturated rings. The summed E-state index contributed by atoms with van der Waals surface area (Å²) < 4.78 is 6.38. The van der Waals surface area contributed by atoms with E-state index < -0.39 is 0 Å². The fourth-order valence-electron chi connectivity index (χ4n) is 3.32. The summed E-state index contributed by atoms with van der Waals surface area (Å²) in [4.78, 5) is 13.7. The number of ketones is 1. The van der Waals surface area contributed by atoms with Crippen molar-refractivity contribution in [3.05, 3.63) is 33.8 Å². The zero-order valence-corrected chi connectivity index (χ0v) is 14.1. The molecule has 2 aliphatic rings. The molecule has 5 heteroatoms. The van der Waals surface area contributed by atoms with Crippen LogP contribution < -0.4 is 0 Å². The van der Waals surface area contributed by atoms with Crippen LogP contribution in [0.3, 0.4) is 0 Å². The van der Waals surface area contributed by atoms with Crippen molar-refractivity contribution >= 4 is 29.0 Å². The number of carbonyl (C=O) groups is 1. The van der Waals surface area contributed by atoms with Crippen molar-refractivity contribution in [2.75, 3.05) is 13.1 Å². The fraction of sp³-hybridized carbons (Fsp3) is 0.588. The van der Waals surface area contributed by atoms with Gasteiger partial charge in [-0.25, -0.2) is 0 Å². The molecule has 3 rings (SSSR count). The molecule has 0 spiro atoms. The Hall–Kier alpha value is -0.610. The minimum atomic E-state index is -0.323. The van der Waals surface area contributed by atoms with Crippen LogP contribution in [0.25, 0.3) is 0 Å². The summed E-state index contributed by atoms with van der Waals surface area (Å²) in [5.41, 5.74) is 0.797. The molecule has 1 aromatic carbocycles. The predicted molar refractivity (Wildman–Crippen MR) is 88.4 cm³/mol. The highest BCUT2D eigenvalue weighted by molar-refractivity contribution is 6.36. The van der Waals surface area contributed by atoms with E-state index in [0.717, 1.165) is 18.4 Å². The Morgan fingerprint density at radius 1 is 1.14 bits per heavy atom. The first-order valence-corrected chi connectivity index (χ1v) is 8.76. The third-order valence-corrected chi connectivity index (χ3v) is 5.17. The molecule has 1 unspecified atom stereocenters. The summed E-state index contributed by atoms with van der Waals surface area (Å²) >= 11 is 12.8. The topological polar surface area (TPSA) is 29.5 Å². The Balaban J connectivity index is 1.86. The normalized spacial score (nSPS) is 22.2. The highest BCUT2D eigenvalue weighted by Crippen LogP contribution is 2.38. The van der Waals surface area contributed by atoms with Crippen molar-refractivity contribution in [1.82, 2.24) is 4.90 Å². The monoisotopic (exact) mass is 341 g/mol. The maximum absolute atomic E-state index is 11.7. The molecular formula is C17H21Cl2NO2. The highest BCUT2D eigenvalue weighted by Gasteiger charge is 2.33. The molecule has 1 atom stereocenters. The lowest BCUT2D eigenvalue weighted by atomic mass is 9.97.